The molecule has 8 heteroatoms. The lowest BCUT2D eigenvalue weighted by Crippen LogP contribution is -2.59. The van der Waals surface area contributed by atoms with Crippen LogP contribution in [0.2, 0.25) is 0 Å². The number of carbonyl (C=O) groups is 3. The molecule has 0 aromatic rings. The number of fused-ring (bicyclic) bond motifs is 2. The van der Waals surface area contributed by atoms with Crippen molar-refractivity contribution in [1.82, 2.24) is 9.80 Å². The van der Waals surface area contributed by atoms with Gasteiger partial charge in [-0.15, -0.1) is 0 Å². The molecule has 0 aromatic heterocycles. The average molecular weight is 461 g/mol. The van der Waals surface area contributed by atoms with E-state index in [-0.39, 0.29) is 18.4 Å². The quantitative estimate of drug-likeness (QED) is 0.391. The van der Waals surface area contributed by atoms with Crippen LogP contribution in [0.1, 0.15) is 53.4 Å². The van der Waals surface area contributed by atoms with E-state index < -0.39 is 40.6 Å². The van der Waals surface area contributed by atoms with Gasteiger partial charge in [-0.25, -0.2) is 0 Å². The maximum atomic E-state index is 14.0. The van der Waals surface area contributed by atoms with Crippen molar-refractivity contribution in [1.29, 1.82) is 0 Å². The molecule has 1 spiro atoms. The number of allylic oxidation sites excluding steroid dienone is 1. The third-order valence-electron chi connectivity index (χ3n) is 7.37. The zero-order chi connectivity index (χ0) is 24.0. The lowest BCUT2D eigenvalue weighted by Gasteiger charge is -2.41. The number of amides is 2. The van der Waals surface area contributed by atoms with Gasteiger partial charge in [0.05, 0.1) is 18.1 Å². The molecule has 0 bridgehead atoms. The number of hydrogen-bond donors (Lipinski definition) is 1. The summed E-state index contributed by atoms with van der Waals surface area (Å²) in [5.41, 5.74) is -2.76. The average Bonchev–Trinajstić information content (AvgIpc) is 3.06. The van der Waals surface area contributed by atoms with Crippen LogP contribution >= 0.6 is 0 Å². The van der Waals surface area contributed by atoms with Crippen molar-refractivity contribution in [2.45, 2.75) is 76.2 Å². The number of esters is 1. The Bertz CT molecular complexity index is 877. The second kappa shape index (κ2) is 8.55. The smallest absolute Gasteiger partial charge is 0.313 e. The molecular formula is C25H36N2O6. The van der Waals surface area contributed by atoms with Gasteiger partial charge in [0.15, 0.2) is 0 Å². The van der Waals surface area contributed by atoms with Gasteiger partial charge in [-0.05, 0) is 53.4 Å². The van der Waals surface area contributed by atoms with Crippen molar-refractivity contribution >= 4 is 17.8 Å². The molecule has 4 heterocycles. The van der Waals surface area contributed by atoms with Crippen LogP contribution in [-0.4, -0.2) is 81.8 Å². The van der Waals surface area contributed by atoms with Gasteiger partial charge >= 0.3 is 5.97 Å². The first kappa shape index (κ1) is 24.0. The van der Waals surface area contributed by atoms with E-state index in [1.165, 1.54) is 0 Å². The normalized spacial score (nSPS) is 37.5. The molecule has 5 atom stereocenters. The fourth-order valence-electron chi connectivity index (χ4n) is 5.87. The summed E-state index contributed by atoms with van der Waals surface area (Å²) in [7, 11) is 0. The Morgan fingerprint density at radius 3 is 2.55 bits per heavy atom. The molecule has 182 valence electrons. The summed E-state index contributed by atoms with van der Waals surface area (Å²) in [6, 6.07) is -0.875. The van der Waals surface area contributed by atoms with E-state index in [1.807, 2.05) is 52.0 Å². The largest absolute Gasteiger partial charge is 0.465 e. The molecule has 2 fully saturated rings. The molecular weight excluding hydrogens is 424 g/mol. The fraction of sp³-hybridized carbons (Fsp3) is 0.720. The number of likely N-dealkylation sites (tertiary alicyclic amines) is 1. The molecule has 8 nitrogen and oxygen atoms in total. The second-order valence-electron chi connectivity index (χ2n) is 10.7. The Balaban J connectivity index is 1.85. The lowest BCUT2D eigenvalue weighted by molar-refractivity contribution is -0.160. The van der Waals surface area contributed by atoms with Crippen LogP contribution in [0.4, 0.5) is 0 Å². The van der Waals surface area contributed by atoms with Crippen LogP contribution in [-0.2, 0) is 23.9 Å². The molecule has 0 aromatic carbocycles. The van der Waals surface area contributed by atoms with E-state index in [0.717, 1.165) is 6.42 Å². The van der Waals surface area contributed by atoms with Crippen molar-refractivity contribution in [2.75, 3.05) is 26.3 Å². The van der Waals surface area contributed by atoms with E-state index in [9.17, 15) is 19.5 Å². The zero-order valence-electron chi connectivity index (χ0n) is 20.1. The van der Waals surface area contributed by atoms with Gasteiger partial charge < -0.3 is 24.4 Å². The van der Waals surface area contributed by atoms with Crippen molar-refractivity contribution < 1.29 is 29.0 Å². The highest BCUT2D eigenvalue weighted by molar-refractivity contribution is 5.99. The Morgan fingerprint density at radius 2 is 1.85 bits per heavy atom. The number of aliphatic hydroxyl groups is 1. The maximum absolute atomic E-state index is 14.0. The summed E-state index contributed by atoms with van der Waals surface area (Å²) in [6.07, 6.45) is 10.1. The first-order valence-corrected chi connectivity index (χ1v) is 12.0. The van der Waals surface area contributed by atoms with Crippen LogP contribution in [0.3, 0.4) is 0 Å². The predicted molar refractivity (Wildman–Crippen MR) is 121 cm³/mol. The number of hydrogen-bond acceptors (Lipinski definition) is 6. The summed E-state index contributed by atoms with van der Waals surface area (Å²) in [4.78, 5) is 44.6. The van der Waals surface area contributed by atoms with Crippen LogP contribution < -0.4 is 0 Å². The minimum atomic E-state index is -1.25. The summed E-state index contributed by atoms with van der Waals surface area (Å²) < 4.78 is 12.3. The maximum Gasteiger partial charge on any atom is 0.313 e. The Hall–Kier alpha value is -2.19. The van der Waals surface area contributed by atoms with Crippen molar-refractivity contribution in [3.05, 3.63) is 24.3 Å². The third-order valence-corrected chi connectivity index (χ3v) is 7.37. The standard InChI is InChI=1S/C25H36N2O6/c1-23(2,3)27-14-10-12-25-17(20(29)26(13-7-8-15-28)19(25)21(27)30)18-22(31)32-16-9-5-6-11-24(18,4)33-25/h6,10-12,17-19,28H,5,7-9,13-16H2,1-4H3/b11-6-/t17-,18+,19?,24-,25-/m0/s1. The minimum Gasteiger partial charge on any atom is -0.465 e. The molecule has 4 aliphatic rings. The van der Waals surface area contributed by atoms with Gasteiger partial charge in [-0.1, -0.05) is 24.3 Å². The predicted octanol–water partition coefficient (Wildman–Crippen LogP) is 1.82. The van der Waals surface area contributed by atoms with Gasteiger partial charge in [0.25, 0.3) is 0 Å². The number of rotatable bonds is 4. The summed E-state index contributed by atoms with van der Waals surface area (Å²) >= 11 is 0. The highest BCUT2D eigenvalue weighted by Crippen LogP contribution is 2.57. The van der Waals surface area contributed by atoms with Gasteiger partial charge in [0.1, 0.15) is 17.6 Å². The van der Waals surface area contributed by atoms with Crippen molar-refractivity contribution in [2.24, 2.45) is 11.8 Å². The van der Waals surface area contributed by atoms with E-state index in [0.29, 0.717) is 39.0 Å². The van der Waals surface area contributed by atoms with Gasteiger partial charge in [-0.2, -0.15) is 0 Å². The molecule has 33 heavy (non-hydrogen) atoms. The number of carbonyl (C=O) groups excluding carboxylic acids is 3. The highest BCUT2D eigenvalue weighted by Gasteiger charge is 2.74. The summed E-state index contributed by atoms with van der Waals surface area (Å²) in [5, 5.41) is 9.27. The topological polar surface area (TPSA) is 96.4 Å². The van der Waals surface area contributed by atoms with E-state index in [2.05, 4.69) is 0 Å². The Kier molecular flexibility index (Phi) is 6.20. The zero-order valence-corrected chi connectivity index (χ0v) is 20.1. The number of aliphatic hydroxyl groups excluding tert-OH is 1. The number of unbranched alkanes of at least 4 members (excludes halogenated alkanes) is 1. The molecule has 4 rings (SSSR count). The van der Waals surface area contributed by atoms with E-state index in [1.54, 1.807) is 9.80 Å². The van der Waals surface area contributed by atoms with Crippen LogP contribution in [0.15, 0.2) is 24.3 Å². The molecule has 2 saturated heterocycles. The summed E-state index contributed by atoms with van der Waals surface area (Å²) in [5.74, 6) is -2.59. The van der Waals surface area contributed by atoms with Crippen LogP contribution in [0.5, 0.6) is 0 Å². The van der Waals surface area contributed by atoms with Crippen LogP contribution in [0.25, 0.3) is 0 Å². The van der Waals surface area contributed by atoms with Gasteiger partial charge in [0, 0.05) is 25.2 Å². The molecule has 2 amide bonds. The molecule has 0 saturated carbocycles. The van der Waals surface area contributed by atoms with Crippen molar-refractivity contribution in [3.63, 3.8) is 0 Å². The number of nitrogens with zero attached hydrogens (tertiary/aromatic N) is 2. The van der Waals surface area contributed by atoms with Gasteiger partial charge in [0.2, 0.25) is 11.8 Å². The molecule has 1 unspecified atom stereocenters. The lowest BCUT2D eigenvalue weighted by atomic mass is 9.74. The first-order valence-electron chi connectivity index (χ1n) is 12.0. The highest BCUT2D eigenvalue weighted by atomic mass is 16.6. The summed E-state index contributed by atoms with van der Waals surface area (Å²) in [6.45, 7) is 8.74. The first-order chi connectivity index (χ1) is 15.6. The second-order valence-corrected chi connectivity index (χ2v) is 10.7. The molecule has 0 radical (unpaired) electrons. The van der Waals surface area contributed by atoms with E-state index >= 15 is 0 Å². The Morgan fingerprint density at radius 1 is 1.09 bits per heavy atom. The molecule has 0 aliphatic carbocycles. The van der Waals surface area contributed by atoms with Gasteiger partial charge in [-0.3, -0.25) is 14.4 Å². The Labute approximate surface area is 195 Å². The minimum absolute atomic E-state index is 0.0115. The van der Waals surface area contributed by atoms with Crippen LogP contribution in [0, 0.1) is 11.8 Å². The number of cyclic esters (lactones) is 1. The molecule has 4 aliphatic heterocycles. The SMILES string of the molecule is CC(C)(C)N1CC=C[C@]23O[C@@]4(C)/C=C\CCCOC(=O)[C@H]4[C@H]2C(=O)N(CCCCO)C3C1=O. The number of ether oxygens (including phenoxy) is 2. The monoisotopic (exact) mass is 460 g/mol. The van der Waals surface area contributed by atoms with E-state index in [4.69, 9.17) is 9.47 Å². The van der Waals surface area contributed by atoms with Crippen molar-refractivity contribution in [3.8, 4) is 0 Å². The molecule has 1 N–H and O–H groups in total. The fourth-order valence-corrected chi connectivity index (χ4v) is 5.87. The third kappa shape index (κ3) is 3.81.